The number of guanidine groups is 1. The van der Waals surface area contributed by atoms with Crippen LogP contribution in [0.2, 0.25) is 0 Å². The number of nitrogens with one attached hydrogen (secondary N) is 2. The van der Waals surface area contributed by atoms with Crippen molar-refractivity contribution in [3.63, 3.8) is 0 Å². The van der Waals surface area contributed by atoms with Gasteiger partial charge in [0.2, 0.25) is 0 Å². The van der Waals surface area contributed by atoms with Crippen molar-refractivity contribution in [3.8, 4) is 5.75 Å². The first-order valence-corrected chi connectivity index (χ1v) is 10.4. The Morgan fingerprint density at radius 1 is 1.41 bits per heavy atom. The minimum absolute atomic E-state index is 0.370. The molecule has 1 aliphatic heterocycles. The largest absolute Gasteiger partial charge is 0.495 e. The van der Waals surface area contributed by atoms with Crippen LogP contribution in [0.15, 0.2) is 34.6 Å². The third kappa shape index (κ3) is 5.35. The van der Waals surface area contributed by atoms with Crippen molar-refractivity contribution in [2.24, 2.45) is 4.99 Å². The van der Waals surface area contributed by atoms with Gasteiger partial charge in [0, 0.05) is 44.0 Å². The molecule has 1 atom stereocenters. The number of nitrogens with zero attached hydrogens (tertiary/aromatic N) is 3. The number of para-hydroxylation sites is 2. The van der Waals surface area contributed by atoms with Crippen LogP contribution in [0.4, 0.5) is 5.69 Å². The molecule has 146 valence electrons. The van der Waals surface area contributed by atoms with Crippen molar-refractivity contribution < 1.29 is 4.74 Å². The van der Waals surface area contributed by atoms with Gasteiger partial charge in [-0.25, -0.2) is 4.98 Å². The van der Waals surface area contributed by atoms with Crippen LogP contribution in [0.5, 0.6) is 5.75 Å². The molecule has 0 spiro atoms. The molecule has 2 aromatic rings. The van der Waals surface area contributed by atoms with E-state index in [1.54, 1.807) is 18.4 Å². The molecule has 1 aliphatic rings. The number of aryl methyl sites for hydroxylation is 1. The zero-order valence-electron chi connectivity index (χ0n) is 16.4. The maximum Gasteiger partial charge on any atom is 0.191 e. The van der Waals surface area contributed by atoms with Crippen LogP contribution in [-0.4, -0.2) is 50.3 Å². The lowest BCUT2D eigenvalue weighted by molar-refractivity contribution is 0.415. The molecule has 1 fully saturated rings. The number of thiazole rings is 1. The van der Waals surface area contributed by atoms with Gasteiger partial charge < -0.3 is 20.3 Å². The van der Waals surface area contributed by atoms with E-state index in [-0.39, 0.29) is 0 Å². The molecule has 2 heterocycles. The topological polar surface area (TPSA) is 61.8 Å². The van der Waals surface area contributed by atoms with Gasteiger partial charge >= 0.3 is 0 Å². The molecule has 1 unspecified atom stereocenters. The number of hydrogen-bond donors (Lipinski definition) is 2. The first kappa shape index (κ1) is 19.5. The Kier molecular flexibility index (Phi) is 6.92. The average Bonchev–Trinajstić information content (AvgIpc) is 3.31. The molecule has 0 amide bonds. The zero-order chi connectivity index (χ0) is 19.1. The van der Waals surface area contributed by atoms with Gasteiger partial charge in [-0.3, -0.25) is 4.99 Å². The van der Waals surface area contributed by atoms with Crippen LogP contribution < -0.4 is 20.3 Å². The summed E-state index contributed by atoms with van der Waals surface area (Å²) < 4.78 is 5.51. The lowest BCUT2D eigenvalue weighted by atomic mass is 10.2. The van der Waals surface area contributed by atoms with E-state index in [0.29, 0.717) is 6.04 Å². The number of aliphatic imine (C=N–C) groups is 1. The Morgan fingerprint density at radius 2 is 2.26 bits per heavy atom. The highest BCUT2D eigenvalue weighted by molar-refractivity contribution is 7.09. The number of anilines is 1. The molecule has 6 nitrogen and oxygen atoms in total. The molecule has 3 rings (SSSR count). The van der Waals surface area contributed by atoms with Crippen LogP contribution in [0, 0.1) is 6.92 Å². The maximum absolute atomic E-state index is 5.51. The molecule has 27 heavy (non-hydrogen) atoms. The Morgan fingerprint density at radius 3 is 3.00 bits per heavy atom. The van der Waals surface area contributed by atoms with Crippen LogP contribution >= 0.6 is 11.3 Å². The molecule has 1 aromatic carbocycles. The molecule has 0 aliphatic carbocycles. The van der Waals surface area contributed by atoms with Crippen molar-refractivity contribution in [1.82, 2.24) is 15.6 Å². The standard InChI is InChI=1S/C20H29N5OS/c1-4-21-20(22-11-9-17-14-27-15(2)23-17)24-16-10-12-25(13-16)18-7-5-6-8-19(18)26-3/h5-8,14,16H,4,9-13H2,1-3H3,(H2,21,22,24). The van der Waals surface area contributed by atoms with Gasteiger partial charge in [0.05, 0.1) is 23.5 Å². The Bertz CT molecular complexity index is 760. The lowest BCUT2D eigenvalue weighted by Gasteiger charge is -2.22. The fourth-order valence-electron chi connectivity index (χ4n) is 3.31. The number of benzene rings is 1. The third-order valence-corrected chi connectivity index (χ3v) is 5.43. The van der Waals surface area contributed by atoms with E-state index in [1.165, 1.54) is 0 Å². The van der Waals surface area contributed by atoms with Crippen LogP contribution in [0.3, 0.4) is 0 Å². The minimum atomic E-state index is 0.370. The van der Waals surface area contributed by atoms with Crippen molar-refractivity contribution in [1.29, 1.82) is 0 Å². The summed E-state index contributed by atoms with van der Waals surface area (Å²) in [6.45, 7) is 7.67. The van der Waals surface area contributed by atoms with E-state index in [0.717, 1.165) is 67.1 Å². The Balaban J connectivity index is 1.56. The van der Waals surface area contributed by atoms with Gasteiger partial charge in [0.25, 0.3) is 0 Å². The van der Waals surface area contributed by atoms with Gasteiger partial charge in [-0.15, -0.1) is 11.3 Å². The summed E-state index contributed by atoms with van der Waals surface area (Å²) in [4.78, 5) is 11.6. The summed E-state index contributed by atoms with van der Waals surface area (Å²) in [6.07, 6.45) is 1.95. The van der Waals surface area contributed by atoms with Crippen LogP contribution in [0.25, 0.3) is 0 Å². The van der Waals surface area contributed by atoms with Gasteiger partial charge in [-0.2, -0.15) is 0 Å². The number of rotatable bonds is 7. The van der Waals surface area contributed by atoms with E-state index in [2.05, 4.69) is 45.0 Å². The summed E-state index contributed by atoms with van der Waals surface area (Å²) in [6, 6.07) is 8.57. The number of ether oxygens (including phenoxy) is 1. The highest BCUT2D eigenvalue weighted by Crippen LogP contribution is 2.30. The predicted molar refractivity (Wildman–Crippen MR) is 113 cm³/mol. The van der Waals surface area contributed by atoms with Gasteiger partial charge in [-0.1, -0.05) is 12.1 Å². The zero-order valence-corrected chi connectivity index (χ0v) is 17.2. The van der Waals surface area contributed by atoms with E-state index in [4.69, 9.17) is 9.73 Å². The third-order valence-electron chi connectivity index (χ3n) is 4.60. The molecule has 1 saturated heterocycles. The Hall–Kier alpha value is -2.28. The van der Waals surface area contributed by atoms with E-state index in [9.17, 15) is 0 Å². The summed E-state index contributed by atoms with van der Waals surface area (Å²) >= 11 is 1.69. The van der Waals surface area contributed by atoms with Crippen molar-refractivity contribution in [2.75, 3.05) is 38.2 Å². The summed E-state index contributed by atoms with van der Waals surface area (Å²) in [5.41, 5.74) is 2.28. The van der Waals surface area contributed by atoms with Crippen molar-refractivity contribution in [2.45, 2.75) is 32.7 Å². The molecular weight excluding hydrogens is 358 g/mol. The molecule has 2 N–H and O–H groups in total. The predicted octanol–water partition coefficient (Wildman–Crippen LogP) is 2.84. The van der Waals surface area contributed by atoms with Gasteiger partial charge in [0.1, 0.15) is 5.75 Å². The van der Waals surface area contributed by atoms with E-state index < -0.39 is 0 Å². The Labute approximate surface area is 165 Å². The highest BCUT2D eigenvalue weighted by Gasteiger charge is 2.25. The second-order valence-corrected chi connectivity index (χ2v) is 7.68. The summed E-state index contributed by atoms with van der Waals surface area (Å²) in [5, 5.41) is 10.2. The van der Waals surface area contributed by atoms with Gasteiger partial charge in [-0.05, 0) is 32.4 Å². The van der Waals surface area contributed by atoms with Crippen molar-refractivity contribution in [3.05, 3.63) is 40.3 Å². The SMILES string of the molecule is CCNC(=NCCc1csc(C)n1)NC1CCN(c2ccccc2OC)C1. The second kappa shape index (κ2) is 9.60. The molecule has 0 radical (unpaired) electrons. The first-order valence-electron chi connectivity index (χ1n) is 9.53. The minimum Gasteiger partial charge on any atom is -0.495 e. The fraction of sp³-hybridized carbons (Fsp3) is 0.500. The van der Waals surface area contributed by atoms with Crippen LogP contribution in [0.1, 0.15) is 24.0 Å². The van der Waals surface area contributed by atoms with Crippen molar-refractivity contribution >= 4 is 23.0 Å². The highest BCUT2D eigenvalue weighted by atomic mass is 32.1. The number of methoxy groups -OCH3 is 1. The molecule has 1 aromatic heterocycles. The van der Waals surface area contributed by atoms with Crippen LogP contribution in [-0.2, 0) is 6.42 Å². The molecular formula is C20H29N5OS. The first-order chi connectivity index (χ1) is 13.2. The maximum atomic E-state index is 5.51. The smallest absolute Gasteiger partial charge is 0.191 e. The van der Waals surface area contributed by atoms with E-state index >= 15 is 0 Å². The quantitative estimate of drug-likeness (QED) is 0.565. The monoisotopic (exact) mass is 387 g/mol. The number of aromatic nitrogens is 1. The fourth-order valence-corrected chi connectivity index (χ4v) is 3.95. The van der Waals surface area contributed by atoms with E-state index in [1.807, 2.05) is 19.1 Å². The normalized spacial score (nSPS) is 17.2. The average molecular weight is 388 g/mol. The summed E-state index contributed by atoms with van der Waals surface area (Å²) in [5.74, 6) is 1.81. The molecule has 7 heteroatoms. The second-order valence-electron chi connectivity index (χ2n) is 6.62. The lowest BCUT2D eigenvalue weighted by Crippen LogP contribution is -2.44. The molecule has 0 bridgehead atoms. The summed E-state index contributed by atoms with van der Waals surface area (Å²) in [7, 11) is 1.73. The number of hydrogen-bond acceptors (Lipinski definition) is 5. The molecule has 0 saturated carbocycles. The van der Waals surface area contributed by atoms with Gasteiger partial charge in [0.15, 0.2) is 5.96 Å².